The summed E-state index contributed by atoms with van der Waals surface area (Å²) in [6.07, 6.45) is 6.84. The van der Waals surface area contributed by atoms with E-state index in [1.54, 1.807) is 26.6 Å². The van der Waals surface area contributed by atoms with Crippen molar-refractivity contribution in [3.63, 3.8) is 0 Å². The van der Waals surface area contributed by atoms with Gasteiger partial charge in [-0.25, -0.2) is 9.50 Å². The maximum Gasteiger partial charge on any atom is 0.254 e. The Morgan fingerprint density at radius 3 is 2.62 bits per heavy atom. The van der Waals surface area contributed by atoms with E-state index in [0.29, 0.717) is 37.6 Å². The van der Waals surface area contributed by atoms with Crippen molar-refractivity contribution in [2.75, 3.05) is 31.5 Å². The summed E-state index contributed by atoms with van der Waals surface area (Å²) in [6, 6.07) is 17.5. The average Bonchev–Trinajstić information content (AvgIpc) is 3.59. The van der Waals surface area contributed by atoms with Gasteiger partial charge in [0.2, 0.25) is 5.91 Å². The maximum atomic E-state index is 13.2. The summed E-state index contributed by atoms with van der Waals surface area (Å²) < 4.78 is 1.75. The van der Waals surface area contributed by atoms with E-state index >= 15 is 0 Å². The number of hydrogen-bond acceptors (Lipinski definition) is 5. The van der Waals surface area contributed by atoms with Gasteiger partial charge >= 0.3 is 0 Å². The molecule has 184 valence electrons. The fraction of sp³-hybridized carbons (Fsp3) is 0.143. The minimum atomic E-state index is -0.104. The van der Waals surface area contributed by atoms with Gasteiger partial charge in [0.15, 0.2) is 11.5 Å². The minimum absolute atomic E-state index is 0.0631. The van der Waals surface area contributed by atoms with Crippen molar-refractivity contribution in [3.05, 3.63) is 91.4 Å². The number of aromatic nitrogens is 4. The van der Waals surface area contributed by atoms with E-state index < -0.39 is 0 Å². The van der Waals surface area contributed by atoms with Crippen molar-refractivity contribution in [3.8, 4) is 11.1 Å². The summed E-state index contributed by atoms with van der Waals surface area (Å²) in [4.78, 5) is 36.3. The van der Waals surface area contributed by atoms with Crippen LogP contribution in [0.2, 0.25) is 0 Å². The number of hydrogen-bond donors (Lipinski definition) is 2. The molecule has 3 aromatic heterocycles. The summed E-state index contributed by atoms with van der Waals surface area (Å²) >= 11 is 0. The molecule has 0 bridgehead atoms. The van der Waals surface area contributed by atoms with E-state index in [0.717, 1.165) is 33.4 Å². The second-order valence-electron chi connectivity index (χ2n) is 8.91. The highest BCUT2D eigenvalue weighted by molar-refractivity contribution is 5.99. The number of H-pyrrole nitrogens is 1. The zero-order valence-corrected chi connectivity index (χ0v) is 20.1. The van der Waals surface area contributed by atoms with Gasteiger partial charge in [-0.1, -0.05) is 30.8 Å². The Morgan fingerprint density at radius 1 is 0.973 bits per heavy atom. The number of amides is 2. The van der Waals surface area contributed by atoms with Crippen LogP contribution in [-0.4, -0.2) is 67.4 Å². The standard InChI is InChI=1S/C28H25N7O2/c1-2-26(36)33-12-14-34(15-13-33)28(37)19-6-5-7-20(16-19)31-25-17-22(27-29-10-11-35(27)32-25)23-18-30-24-9-4-3-8-21(23)24/h2-11,16-18,30H,1,12-15H2,(H,31,32). The molecule has 0 unspecified atom stereocenters. The molecule has 5 aromatic rings. The monoisotopic (exact) mass is 491 g/mol. The van der Waals surface area contributed by atoms with Gasteiger partial charge < -0.3 is 20.1 Å². The van der Waals surface area contributed by atoms with Crippen LogP contribution in [-0.2, 0) is 4.79 Å². The molecular formula is C28H25N7O2. The molecule has 1 aliphatic rings. The van der Waals surface area contributed by atoms with Crippen LogP contribution in [0.5, 0.6) is 0 Å². The van der Waals surface area contributed by atoms with Crippen LogP contribution in [0.1, 0.15) is 10.4 Å². The van der Waals surface area contributed by atoms with Gasteiger partial charge in [-0.3, -0.25) is 9.59 Å². The number of carbonyl (C=O) groups excluding carboxylic acids is 2. The lowest BCUT2D eigenvalue weighted by Gasteiger charge is -2.34. The molecule has 9 heteroatoms. The van der Waals surface area contributed by atoms with Crippen LogP contribution < -0.4 is 5.32 Å². The van der Waals surface area contributed by atoms with Crippen LogP contribution in [0.3, 0.4) is 0 Å². The molecule has 4 heterocycles. The lowest BCUT2D eigenvalue weighted by Crippen LogP contribution is -2.50. The predicted octanol–water partition coefficient (Wildman–Crippen LogP) is 4.09. The number of piperazine rings is 1. The van der Waals surface area contributed by atoms with Gasteiger partial charge in [0.05, 0.1) is 0 Å². The summed E-state index contributed by atoms with van der Waals surface area (Å²) in [5.41, 5.74) is 5.12. The number of anilines is 2. The number of nitrogens with zero attached hydrogens (tertiary/aromatic N) is 5. The van der Waals surface area contributed by atoms with Gasteiger partial charge in [0, 0.05) is 78.1 Å². The molecule has 1 saturated heterocycles. The van der Waals surface area contributed by atoms with E-state index in [1.807, 2.05) is 54.9 Å². The molecule has 0 spiro atoms. The average molecular weight is 492 g/mol. The van der Waals surface area contributed by atoms with Crippen molar-refractivity contribution in [1.82, 2.24) is 29.4 Å². The molecule has 0 saturated carbocycles. The topological polar surface area (TPSA) is 98.6 Å². The third-order valence-electron chi connectivity index (χ3n) is 6.67. The molecule has 1 aliphatic heterocycles. The summed E-state index contributed by atoms with van der Waals surface area (Å²) in [5.74, 6) is 0.464. The summed E-state index contributed by atoms with van der Waals surface area (Å²) in [6.45, 7) is 5.52. The number of rotatable bonds is 5. The van der Waals surface area contributed by atoms with E-state index in [9.17, 15) is 9.59 Å². The van der Waals surface area contributed by atoms with Crippen molar-refractivity contribution < 1.29 is 9.59 Å². The van der Waals surface area contributed by atoms with Crippen LogP contribution >= 0.6 is 0 Å². The van der Waals surface area contributed by atoms with Gasteiger partial charge in [-0.05, 0) is 36.4 Å². The van der Waals surface area contributed by atoms with Crippen LogP contribution in [0.25, 0.3) is 27.7 Å². The van der Waals surface area contributed by atoms with Gasteiger partial charge in [0.25, 0.3) is 5.91 Å². The van der Waals surface area contributed by atoms with E-state index in [4.69, 9.17) is 0 Å². The second-order valence-corrected chi connectivity index (χ2v) is 8.91. The Balaban J connectivity index is 1.26. The van der Waals surface area contributed by atoms with Gasteiger partial charge in [0.1, 0.15) is 0 Å². The SMILES string of the molecule is C=CC(=O)N1CCN(C(=O)c2cccc(Nc3cc(-c4c[nH]c5ccccc45)c4nccn4n3)c2)CC1. The summed E-state index contributed by atoms with van der Waals surface area (Å²) in [5, 5.41) is 9.13. The largest absolute Gasteiger partial charge is 0.361 e. The Kier molecular flexibility index (Phi) is 5.65. The van der Waals surface area contributed by atoms with Crippen molar-refractivity contribution in [2.24, 2.45) is 0 Å². The highest BCUT2D eigenvalue weighted by Gasteiger charge is 2.24. The second kappa shape index (κ2) is 9.27. The Bertz CT molecular complexity index is 1640. The van der Waals surface area contributed by atoms with Crippen molar-refractivity contribution in [1.29, 1.82) is 0 Å². The van der Waals surface area contributed by atoms with E-state index in [-0.39, 0.29) is 11.8 Å². The number of imidazole rings is 1. The first-order valence-corrected chi connectivity index (χ1v) is 12.1. The lowest BCUT2D eigenvalue weighted by atomic mass is 10.1. The fourth-order valence-electron chi connectivity index (χ4n) is 4.79. The van der Waals surface area contributed by atoms with Crippen LogP contribution in [0.4, 0.5) is 11.5 Å². The highest BCUT2D eigenvalue weighted by Crippen LogP contribution is 2.32. The molecule has 1 fully saturated rings. The first-order valence-electron chi connectivity index (χ1n) is 12.1. The first-order chi connectivity index (χ1) is 18.1. The number of benzene rings is 2. The molecule has 2 aromatic carbocycles. The molecule has 37 heavy (non-hydrogen) atoms. The maximum absolute atomic E-state index is 13.2. The van der Waals surface area contributed by atoms with Crippen LogP contribution in [0.15, 0.2) is 85.8 Å². The quantitative estimate of drug-likeness (QED) is 0.361. The minimum Gasteiger partial charge on any atom is -0.361 e. The molecule has 0 aliphatic carbocycles. The lowest BCUT2D eigenvalue weighted by molar-refractivity contribution is -0.127. The molecule has 2 amide bonds. The number of fused-ring (bicyclic) bond motifs is 2. The molecular weight excluding hydrogens is 466 g/mol. The van der Waals surface area contributed by atoms with Crippen LogP contribution in [0, 0.1) is 0 Å². The van der Waals surface area contributed by atoms with E-state index in [1.165, 1.54) is 6.08 Å². The zero-order chi connectivity index (χ0) is 25.4. The zero-order valence-electron chi connectivity index (χ0n) is 20.1. The van der Waals surface area contributed by atoms with E-state index in [2.05, 4.69) is 33.0 Å². The predicted molar refractivity (Wildman–Crippen MR) is 143 cm³/mol. The molecule has 6 rings (SSSR count). The fourth-order valence-corrected chi connectivity index (χ4v) is 4.79. The Labute approximate surface area is 213 Å². The Morgan fingerprint density at radius 2 is 1.78 bits per heavy atom. The first kappa shape index (κ1) is 22.5. The Hall–Kier alpha value is -4.92. The van der Waals surface area contributed by atoms with Gasteiger partial charge in [-0.2, -0.15) is 0 Å². The summed E-state index contributed by atoms with van der Waals surface area (Å²) in [7, 11) is 0. The highest BCUT2D eigenvalue weighted by atomic mass is 16.2. The molecule has 9 nitrogen and oxygen atoms in total. The number of para-hydroxylation sites is 1. The third-order valence-corrected chi connectivity index (χ3v) is 6.67. The van der Waals surface area contributed by atoms with Crippen molar-refractivity contribution >= 4 is 39.9 Å². The van der Waals surface area contributed by atoms with Gasteiger partial charge in [-0.15, -0.1) is 5.10 Å². The normalized spacial score (nSPS) is 13.7. The molecule has 2 N–H and O–H groups in total. The molecule has 0 atom stereocenters. The van der Waals surface area contributed by atoms with Crippen molar-refractivity contribution in [2.45, 2.75) is 0 Å². The smallest absolute Gasteiger partial charge is 0.254 e. The number of carbonyl (C=O) groups is 2. The number of aromatic amines is 1. The number of nitrogens with one attached hydrogen (secondary N) is 2. The third kappa shape index (κ3) is 4.20. The molecule has 0 radical (unpaired) electrons.